The lowest BCUT2D eigenvalue weighted by molar-refractivity contribution is -0.137. The summed E-state index contributed by atoms with van der Waals surface area (Å²) >= 11 is 0. The van der Waals surface area contributed by atoms with Gasteiger partial charge in [0.15, 0.2) is 0 Å². The Labute approximate surface area is 124 Å². The lowest BCUT2D eigenvalue weighted by atomic mass is 9.99. The summed E-state index contributed by atoms with van der Waals surface area (Å²) in [5.74, 6) is 0.549. The molecule has 1 aromatic carbocycles. The minimum absolute atomic E-state index is 0.391. The highest BCUT2D eigenvalue weighted by molar-refractivity contribution is 5.24. The van der Waals surface area contributed by atoms with Crippen LogP contribution in [0.4, 0.5) is 13.2 Å². The van der Waals surface area contributed by atoms with E-state index < -0.39 is 11.7 Å². The van der Waals surface area contributed by atoms with Crippen LogP contribution in [0.15, 0.2) is 24.3 Å². The normalized spacial score (nSPS) is 24.5. The molecule has 0 radical (unpaired) electrons. The van der Waals surface area contributed by atoms with Gasteiger partial charge in [-0.25, -0.2) is 0 Å². The molecule has 1 saturated heterocycles. The molecule has 0 aliphatic carbocycles. The lowest BCUT2D eigenvalue weighted by Crippen LogP contribution is -2.56. The summed E-state index contributed by atoms with van der Waals surface area (Å²) in [5.41, 5.74) is 0.346. The van der Waals surface area contributed by atoms with E-state index in [4.69, 9.17) is 0 Å². The Morgan fingerprint density at radius 1 is 1.24 bits per heavy atom. The monoisotopic (exact) mass is 300 g/mol. The van der Waals surface area contributed by atoms with Crippen molar-refractivity contribution in [1.29, 1.82) is 0 Å². The molecule has 1 aliphatic heterocycles. The average molecular weight is 300 g/mol. The molecule has 2 unspecified atom stereocenters. The van der Waals surface area contributed by atoms with Crippen LogP contribution in [-0.2, 0) is 12.7 Å². The lowest BCUT2D eigenvalue weighted by Gasteiger charge is -2.40. The summed E-state index contributed by atoms with van der Waals surface area (Å²) in [7, 11) is 0. The van der Waals surface area contributed by atoms with E-state index in [1.165, 1.54) is 12.1 Å². The van der Waals surface area contributed by atoms with Gasteiger partial charge < -0.3 is 5.32 Å². The fourth-order valence-electron chi connectivity index (χ4n) is 2.65. The highest BCUT2D eigenvalue weighted by atomic mass is 19.4. The maximum atomic E-state index is 12.6. The summed E-state index contributed by atoms with van der Waals surface area (Å²) in [6.07, 6.45) is -4.26. The van der Waals surface area contributed by atoms with Gasteiger partial charge in [-0.3, -0.25) is 4.90 Å². The first-order chi connectivity index (χ1) is 9.77. The van der Waals surface area contributed by atoms with Crippen LogP contribution in [0.1, 0.15) is 31.9 Å². The molecule has 1 N–H and O–H groups in total. The third-order valence-electron chi connectivity index (χ3n) is 4.20. The van der Waals surface area contributed by atoms with Crippen molar-refractivity contribution < 1.29 is 13.2 Å². The predicted octanol–water partition coefficient (Wildman–Crippen LogP) is 3.52. The zero-order chi connectivity index (χ0) is 15.6. The largest absolute Gasteiger partial charge is 0.416 e. The SMILES string of the molecule is CC(C)C1CN(Cc2ccc(C(F)(F)F)cc2)C(C)CN1. The quantitative estimate of drug-likeness (QED) is 0.919. The maximum Gasteiger partial charge on any atom is 0.416 e. The van der Waals surface area contributed by atoms with Crippen molar-refractivity contribution in [2.24, 2.45) is 5.92 Å². The first-order valence-electron chi connectivity index (χ1n) is 7.41. The van der Waals surface area contributed by atoms with Gasteiger partial charge >= 0.3 is 6.18 Å². The zero-order valence-corrected chi connectivity index (χ0v) is 12.7. The third kappa shape index (κ3) is 4.20. The number of halogens is 3. The Balaban J connectivity index is 2.03. The van der Waals surface area contributed by atoms with Crippen molar-refractivity contribution in [1.82, 2.24) is 10.2 Å². The van der Waals surface area contributed by atoms with Gasteiger partial charge in [-0.2, -0.15) is 13.2 Å². The molecule has 118 valence electrons. The third-order valence-corrected chi connectivity index (χ3v) is 4.20. The summed E-state index contributed by atoms with van der Waals surface area (Å²) < 4.78 is 37.7. The summed E-state index contributed by atoms with van der Waals surface area (Å²) in [6, 6.07) is 6.34. The number of nitrogens with one attached hydrogen (secondary N) is 1. The zero-order valence-electron chi connectivity index (χ0n) is 12.7. The van der Waals surface area contributed by atoms with E-state index in [2.05, 4.69) is 31.0 Å². The second-order valence-electron chi connectivity index (χ2n) is 6.23. The molecule has 0 bridgehead atoms. The maximum absolute atomic E-state index is 12.6. The molecule has 2 nitrogen and oxygen atoms in total. The molecule has 0 amide bonds. The number of benzene rings is 1. The van der Waals surface area contributed by atoms with Crippen molar-refractivity contribution in [3.63, 3.8) is 0 Å². The molecule has 0 spiro atoms. The molecular weight excluding hydrogens is 277 g/mol. The minimum atomic E-state index is -4.26. The van der Waals surface area contributed by atoms with Gasteiger partial charge in [0.25, 0.3) is 0 Å². The van der Waals surface area contributed by atoms with E-state index in [0.717, 1.165) is 18.7 Å². The predicted molar refractivity (Wildman–Crippen MR) is 77.9 cm³/mol. The molecular formula is C16H23F3N2. The Bertz CT molecular complexity index is 454. The van der Waals surface area contributed by atoms with Crippen LogP contribution in [-0.4, -0.2) is 30.1 Å². The van der Waals surface area contributed by atoms with Gasteiger partial charge in [0.2, 0.25) is 0 Å². The first kappa shape index (κ1) is 16.3. The van der Waals surface area contributed by atoms with Crippen LogP contribution in [0.2, 0.25) is 0 Å². The molecule has 1 aromatic rings. The highest BCUT2D eigenvalue weighted by Gasteiger charge is 2.30. The summed E-state index contributed by atoms with van der Waals surface area (Å²) in [6.45, 7) is 9.06. The fourth-order valence-corrected chi connectivity index (χ4v) is 2.65. The van der Waals surface area contributed by atoms with Crippen LogP contribution < -0.4 is 5.32 Å². The number of piperazine rings is 1. The van der Waals surface area contributed by atoms with Crippen molar-refractivity contribution >= 4 is 0 Å². The molecule has 0 saturated carbocycles. The summed E-state index contributed by atoms with van der Waals surface area (Å²) in [4.78, 5) is 2.34. The van der Waals surface area contributed by atoms with Crippen molar-refractivity contribution in [2.75, 3.05) is 13.1 Å². The van der Waals surface area contributed by atoms with Gasteiger partial charge in [-0.15, -0.1) is 0 Å². The van der Waals surface area contributed by atoms with Gasteiger partial charge in [0.1, 0.15) is 0 Å². The van der Waals surface area contributed by atoms with E-state index >= 15 is 0 Å². The van der Waals surface area contributed by atoms with Crippen molar-refractivity contribution in [3.05, 3.63) is 35.4 Å². The van der Waals surface area contributed by atoms with E-state index in [0.29, 0.717) is 24.5 Å². The topological polar surface area (TPSA) is 15.3 Å². The Kier molecular flexibility index (Phi) is 4.94. The number of nitrogens with zero attached hydrogens (tertiary/aromatic N) is 1. The van der Waals surface area contributed by atoms with E-state index in [1.54, 1.807) is 12.1 Å². The minimum Gasteiger partial charge on any atom is -0.311 e. The standard InChI is InChI=1S/C16H23F3N2/c1-11(2)15-10-21(12(3)8-20-15)9-13-4-6-14(7-5-13)16(17,18)19/h4-7,11-12,15,20H,8-10H2,1-3H3. The number of alkyl halides is 3. The molecule has 0 aromatic heterocycles. The van der Waals surface area contributed by atoms with Crippen LogP contribution in [0.5, 0.6) is 0 Å². The molecule has 21 heavy (non-hydrogen) atoms. The highest BCUT2D eigenvalue weighted by Crippen LogP contribution is 2.29. The van der Waals surface area contributed by atoms with Crippen LogP contribution >= 0.6 is 0 Å². The van der Waals surface area contributed by atoms with E-state index in [-0.39, 0.29) is 0 Å². The molecule has 1 fully saturated rings. The molecule has 2 atom stereocenters. The first-order valence-corrected chi connectivity index (χ1v) is 7.41. The molecule has 5 heteroatoms. The fraction of sp³-hybridized carbons (Fsp3) is 0.625. The van der Waals surface area contributed by atoms with Gasteiger partial charge in [-0.05, 0) is 30.5 Å². The Morgan fingerprint density at radius 3 is 2.38 bits per heavy atom. The van der Waals surface area contributed by atoms with Crippen molar-refractivity contribution in [2.45, 2.75) is 45.6 Å². The Hall–Kier alpha value is -1.07. The van der Waals surface area contributed by atoms with Gasteiger partial charge in [0.05, 0.1) is 5.56 Å². The smallest absolute Gasteiger partial charge is 0.311 e. The van der Waals surface area contributed by atoms with Crippen LogP contribution in [0, 0.1) is 5.92 Å². The summed E-state index contributed by atoms with van der Waals surface area (Å²) in [5, 5.41) is 3.52. The van der Waals surface area contributed by atoms with E-state index in [9.17, 15) is 13.2 Å². The number of rotatable bonds is 3. The number of hydrogen-bond acceptors (Lipinski definition) is 2. The average Bonchev–Trinajstić information content (AvgIpc) is 2.40. The second-order valence-corrected chi connectivity index (χ2v) is 6.23. The van der Waals surface area contributed by atoms with Gasteiger partial charge in [-0.1, -0.05) is 26.0 Å². The van der Waals surface area contributed by atoms with Gasteiger partial charge in [0, 0.05) is 31.7 Å². The second kappa shape index (κ2) is 6.36. The van der Waals surface area contributed by atoms with Crippen LogP contribution in [0.3, 0.4) is 0 Å². The molecule has 1 heterocycles. The Morgan fingerprint density at radius 2 is 1.86 bits per heavy atom. The number of hydrogen-bond donors (Lipinski definition) is 1. The molecule has 2 rings (SSSR count). The molecule has 1 aliphatic rings. The van der Waals surface area contributed by atoms with E-state index in [1.807, 2.05) is 0 Å². The van der Waals surface area contributed by atoms with Crippen LogP contribution in [0.25, 0.3) is 0 Å². The van der Waals surface area contributed by atoms with Crippen molar-refractivity contribution in [3.8, 4) is 0 Å².